The van der Waals surface area contributed by atoms with Crippen LogP contribution in [0.2, 0.25) is 0 Å². The number of amides is 1. The minimum Gasteiger partial charge on any atom is -0.379 e. The third-order valence-corrected chi connectivity index (χ3v) is 2.51. The van der Waals surface area contributed by atoms with Crippen molar-refractivity contribution in [2.75, 3.05) is 39.4 Å². The molecule has 0 atom stereocenters. The van der Waals surface area contributed by atoms with Crippen molar-refractivity contribution in [2.45, 2.75) is 20.3 Å². The van der Waals surface area contributed by atoms with E-state index >= 15 is 0 Å². The Morgan fingerprint density at radius 3 is 2.67 bits per heavy atom. The Bertz CT molecular complexity index is 189. The molecule has 1 saturated heterocycles. The van der Waals surface area contributed by atoms with Crippen molar-refractivity contribution < 1.29 is 9.53 Å². The third kappa shape index (κ3) is 5.74. The largest absolute Gasteiger partial charge is 0.379 e. The number of ether oxygens (including phenoxy) is 1. The summed E-state index contributed by atoms with van der Waals surface area (Å²) in [6.07, 6.45) is 1.05. The average molecular weight is 214 g/mol. The topological polar surface area (TPSA) is 41.6 Å². The van der Waals surface area contributed by atoms with Gasteiger partial charge in [0, 0.05) is 19.6 Å². The molecule has 1 rings (SSSR count). The van der Waals surface area contributed by atoms with Crippen molar-refractivity contribution in [3.63, 3.8) is 0 Å². The van der Waals surface area contributed by atoms with E-state index in [1.807, 2.05) is 0 Å². The predicted molar refractivity (Wildman–Crippen MR) is 59.7 cm³/mol. The molecule has 15 heavy (non-hydrogen) atoms. The van der Waals surface area contributed by atoms with Crippen molar-refractivity contribution in [1.29, 1.82) is 0 Å². The van der Waals surface area contributed by atoms with E-state index < -0.39 is 0 Å². The van der Waals surface area contributed by atoms with Gasteiger partial charge < -0.3 is 10.1 Å². The summed E-state index contributed by atoms with van der Waals surface area (Å²) in [7, 11) is 0. The smallest absolute Gasteiger partial charge is 0.234 e. The van der Waals surface area contributed by atoms with Crippen LogP contribution in [0.3, 0.4) is 0 Å². The zero-order valence-electron chi connectivity index (χ0n) is 9.79. The Morgan fingerprint density at radius 1 is 1.40 bits per heavy atom. The standard InChI is InChI=1S/C11H22N2O2/c1-10(2)3-4-12-11(14)9-13-5-7-15-8-6-13/h10H,3-9H2,1-2H3,(H,12,14). The maximum atomic E-state index is 11.5. The summed E-state index contributed by atoms with van der Waals surface area (Å²) < 4.78 is 5.22. The average Bonchev–Trinajstić information content (AvgIpc) is 2.18. The van der Waals surface area contributed by atoms with Crippen LogP contribution in [-0.2, 0) is 9.53 Å². The SMILES string of the molecule is CC(C)CCNC(=O)CN1CCOCC1. The predicted octanol–water partition coefficient (Wildman–Crippen LogP) is 0.481. The molecule has 1 heterocycles. The first kappa shape index (κ1) is 12.5. The molecule has 1 aliphatic rings. The van der Waals surface area contributed by atoms with Crippen LogP contribution in [0.1, 0.15) is 20.3 Å². The molecule has 4 heteroatoms. The summed E-state index contributed by atoms with van der Waals surface area (Å²) in [5.41, 5.74) is 0. The zero-order chi connectivity index (χ0) is 11.1. The van der Waals surface area contributed by atoms with Gasteiger partial charge in [0.05, 0.1) is 19.8 Å². The summed E-state index contributed by atoms with van der Waals surface area (Å²) in [6.45, 7) is 8.87. The highest BCUT2D eigenvalue weighted by molar-refractivity contribution is 5.77. The Kier molecular flexibility index (Phi) is 5.65. The van der Waals surface area contributed by atoms with Crippen molar-refractivity contribution in [3.05, 3.63) is 0 Å². The fourth-order valence-corrected chi connectivity index (χ4v) is 1.52. The lowest BCUT2D eigenvalue weighted by molar-refractivity contribution is -0.123. The van der Waals surface area contributed by atoms with Crippen LogP contribution >= 0.6 is 0 Å². The minimum atomic E-state index is 0.137. The van der Waals surface area contributed by atoms with Crippen LogP contribution in [0.4, 0.5) is 0 Å². The number of carbonyl (C=O) groups excluding carboxylic acids is 1. The lowest BCUT2D eigenvalue weighted by Crippen LogP contribution is -2.43. The molecule has 0 aromatic carbocycles. The molecule has 0 spiro atoms. The van der Waals surface area contributed by atoms with Crippen molar-refractivity contribution in [1.82, 2.24) is 10.2 Å². The first-order valence-corrected chi connectivity index (χ1v) is 5.75. The number of rotatable bonds is 5. The molecule has 0 bridgehead atoms. The van der Waals surface area contributed by atoms with E-state index in [9.17, 15) is 4.79 Å². The molecular weight excluding hydrogens is 192 g/mol. The highest BCUT2D eigenvalue weighted by Crippen LogP contribution is 1.97. The molecule has 1 fully saturated rings. The van der Waals surface area contributed by atoms with E-state index in [4.69, 9.17) is 4.74 Å². The highest BCUT2D eigenvalue weighted by Gasteiger charge is 2.13. The van der Waals surface area contributed by atoms with Gasteiger partial charge in [-0.05, 0) is 12.3 Å². The number of hydrogen-bond acceptors (Lipinski definition) is 3. The lowest BCUT2D eigenvalue weighted by Gasteiger charge is -2.25. The first-order chi connectivity index (χ1) is 7.18. The maximum absolute atomic E-state index is 11.5. The Balaban J connectivity index is 2.06. The zero-order valence-corrected chi connectivity index (χ0v) is 9.79. The molecule has 0 aromatic rings. The van der Waals surface area contributed by atoms with Gasteiger partial charge in [-0.25, -0.2) is 0 Å². The van der Waals surface area contributed by atoms with Gasteiger partial charge in [0.2, 0.25) is 5.91 Å². The molecule has 0 saturated carbocycles. The summed E-state index contributed by atoms with van der Waals surface area (Å²) in [5, 5.41) is 2.94. The summed E-state index contributed by atoms with van der Waals surface area (Å²) in [5.74, 6) is 0.784. The fraction of sp³-hybridized carbons (Fsp3) is 0.909. The van der Waals surface area contributed by atoms with Gasteiger partial charge in [0.15, 0.2) is 0 Å². The summed E-state index contributed by atoms with van der Waals surface area (Å²) in [4.78, 5) is 13.6. The van der Waals surface area contributed by atoms with E-state index in [0.29, 0.717) is 12.5 Å². The second-order valence-electron chi connectivity index (χ2n) is 4.42. The van der Waals surface area contributed by atoms with Crippen LogP contribution in [0.25, 0.3) is 0 Å². The molecule has 0 aliphatic carbocycles. The third-order valence-electron chi connectivity index (χ3n) is 2.51. The Morgan fingerprint density at radius 2 is 2.07 bits per heavy atom. The van der Waals surface area contributed by atoms with Gasteiger partial charge >= 0.3 is 0 Å². The normalized spacial score (nSPS) is 18.1. The molecule has 0 aromatic heterocycles. The van der Waals surface area contributed by atoms with Gasteiger partial charge in [0.1, 0.15) is 0 Å². The van der Waals surface area contributed by atoms with Crippen LogP contribution in [0.15, 0.2) is 0 Å². The van der Waals surface area contributed by atoms with Crippen molar-refractivity contribution in [3.8, 4) is 0 Å². The molecule has 1 N–H and O–H groups in total. The number of nitrogens with zero attached hydrogens (tertiary/aromatic N) is 1. The second-order valence-corrected chi connectivity index (χ2v) is 4.42. The monoisotopic (exact) mass is 214 g/mol. The maximum Gasteiger partial charge on any atom is 0.234 e. The minimum absolute atomic E-state index is 0.137. The van der Waals surface area contributed by atoms with Gasteiger partial charge in [0.25, 0.3) is 0 Å². The molecule has 1 amide bonds. The van der Waals surface area contributed by atoms with Crippen LogP contribution in [-0.4, -0.2) is 50.2 Å². The Hall–Kier alpha value is -0.610. The first-order valence-electron chi connectivity index (χ1n) is 5.75. The molecule has 1 aliphatic heterocycles. The van der Waals surface area contributed by atoms with Crippen molar-refractivity contribution >= 4 is 5.91 Å². The van der Waals surface area contributed by atoms with Gasteiger partial charge in [-0.15, -0.1) is 0 Å². The summed E-state index contributed by atoms with van der Waals surface area (Å²) >= 11 is 0. The molecule has 88 valence electrons. The van der Waals surface area contributed by atoms with Gasteiger partial charge in [-0.2, -0.15) is 0 Å². The highest BCUT2D eigenvalue weighted by atomic mass is 16.5. The molecular formula is C11H22N2O2. The number of morpholine rings is 1. The van der Waals surface area contributed by atoms with E-state index in [1.54, 1.807) is 0 Å². The van der Waals surface area contributed by atoms with E-state index in [0.717, 1.165) is 39.3 Å². The molecule has 0 radical (unpaired) electrons. The van der Waals surface area contributed by atoms with Crippen LogP contribution in [0, 0.1) is 5.92 Å². The fourth-order valence-electron chi connectivity index (χ4n) is 1.52. The second kappa shape index (κ2) is 6.80. The quantitative estimate of drug-likeness (QED) is 0.724. The van der Waals surface area contributed by atoms with E-state index in [-0.39, 0.29) is 5.91 Å². The van der Waals surface area contributed by atoms with E-state index in [1.165, 1.54) is 0 Å². The molecule has 4 nitrogen and oxygen atoms in total. The number of hydrogen-bond donors (Lipinski definition) is 1. The molecule has 0 unspecified atom stereocenters. The van der Waals surface area contributed by atoms with E-state index in [2.05, 4.69) is 24.1 Å². The number of nitrogens with one attached hydrogen (secondary N) is 1. The van der Waals surface area contributed by atoms with Crippen LogP contribution in [0.5, 0.6) is 0 Å². The van der Waals surface area contributed by atoms with Gasteiger partial charge in [-0.1, -0.05) is 13.8 Å². The summed E-state index contributed by atoms with van der Waals surface area (Å²) in [6, 6.07) is 0. The van der Waals surface area contributed by atoms with Crippen LogP contribution < -0.4 is 5.32 Å². The lowest BCUT2D eigenvalue weighted by atomic mass is 10.1. The number of carbonyl (C=O) groups is 1. The van der Waals surface area contributed by atoms with Gasteiger partial charge in [-0.3, -0.25) is 9.69 Å². The Labute approximate surface area is 92.0 Å². The van der Waals surface area contributed by atoms with Crippen molar-refractivity contribution in [2.24, 2.45) is 5.92 Å².